The Balaban J connectivity index is 2.47. The van der Waals surface area contributed by atoms with Gasteiger partial charge in [0.25, 0.3) is 0 Å². The molecule has 0 bridgehead atoms. The number of benzene rings is 1. The van der Waals surface area contributed by atoms with Gasteiger partial charge in [0, 0.05) is 17.8 Å². The number of ether oxygens (including phenoxy) is 1. The number of carbonyl (C=O) groups is 2. The minimum absolute atomic E-state index is 0.0746. The second-order valence-corrected chi connectivity index (χ2v) is 4.75. The second kappa shape index (κ2) is 7.37. The van der Waals surface area contributed by atoms with Gasteiger partial charge in [-0.05, 0) is 26.0 Å². The highest BCUT2D eigenvalue weighted by Gasteiger charge is 2.18. The highest BCUT2D eigenvalue weighted by Crippen LogP contribution is 2.14. The molecule has 4 N–H and O–H groups in total. The largest absolute Gasteiger partial charge is 0.493 e. The highest BCUT2D eigenvalue weighted by atomic mass is 16.5. The molecule has 2 amide bonds. The Hall–Kier alpha value is -2.24. The summed E-state index contributed by atoms with van der Waals surface area (Å²) >= 11 is 0. The first-order valence-electron chi connectivity index (χ1n) is 6.46. The van der Waals surface area contributed by atoms with Crippen molar-refractivity contribution >= 4 is 17.5 Å². The molecule has 0 saturated carbocycles. The highest BCUT2D eigenvalue weighted by molar-refractivity contribution is 5.84. The first-order valence-corrected chi connectivity index (χ1v) is 6.46. The number of carbonyl (C=O) groups excluding carboxylic acids is 2. The molecule has 0 atom stereocenters. The van der Waals surface area contributed by atoms with Crippen LogP contribution >= 0.6 is 0 Å². The van der Waals surface area contributed by atoms with Crippen LogP contribution in [-0.2, 0) is 9.59 Å². The summed E-state index contributed by atoms with van der Waals surface area (Å²) in [6, 6.07) is 6.91. The van der Waals surface area contributed by atoms with Crippen LogP contribution in [0.1, 0.15) is 20.3 Å². The standard InChI is InChI=1S/C14H21N3O3/c1-10(2)17(9-13(16)18)14(19)6-7-20-12-5-3-4-11(15)8-12/h3-5,8,10H,6-7,9,15H2,1-2H3,(H2,16,18). The summed E-state index contributed by atoms with van der Waals surface area (Å²) in [5, 5.41) is 0. The summed E-state index contributed by atoms with van der Waals surface area (Å²) < 4.78 is 5.45. The van der Waals surface area contributed by atoms with Crippen molar-refractivity contribution in [2.24, 2.45) is 5.73 Å². The van der Waals surface area contributed by atoms with Crippen LogP contribution < -0.4 is 16.2 Å². The van der Waals surface area contributed by atoms with E-state index in [1.165, 1.54) is 4.90 Å². The number of hydrogen-bond donors (Lipinski definition) is 2. The topological polar surface area (TPSA) is 98.6 Å². The van der Waals surface area contributed by atoms with Crippen molar-refractivity contribution in [1.82, 2.24) is 4.90 Å². The van der Waals surface area contributed by atoms with Crippen LogP contribution in [0.5, 0.6) is 5.75 Å². The lowest BCUT2D eigenvalue weighted by molar-refractivity contribution is -0.137. The Kier molecular flexibility index (Phi) is 5.83. The molecule has 0 saturated heterocycles. The van der Waals surface area contributed by atoms with Crippen LogP contribution in [0.2, 0.25) is 0 Å². The molecule has 0 radical (unpaired) electrons. The molecule has 1 aromatic carbocycles. The summed E-state index contributed by atoms with van der Waals surface area (Å²) in [4.78, 5) is 24.4. The third-order valence-electron chi connectivity index (χ3n) is 2.71. The van der Waals surface area contributed by atoms with E-state index in [9.17, 15) is 9.59 Å². The molecule has 0 spiro atoms. The van der Waals surface area contributed by atoms with Crippen molar-refractivity contribution in [3.63, 3.8) is 0 Å². The van der Waals surface area contributed by atoms with Gasteiger partial charge in [-0.2, -0.15) is 0 Å². The summed E-state index contributed by atoms with van der Waals surface area (Å²) in [5.74, 6) is -0.0738. The Morgan fingerprint density at radius 3 is 2.60 bits per heavy atom. The van der Waals surface area contributed by atoms with E-state index < -0.39 is 5.91 Å². The van der Waals surface area contributed by atoms with Crippen LogP contribution in [0, 0.1) is 0 Å². The first-order chi connectivity index (χ1) is 9.40. The van der Waals surface area contributed by atoms with Crippen molar-refractivity contribution in [2.75, 3.05) is 18.9 Å². The molecule has 0 heterocycles. The first kappa shape index (κ1) is 15.8. The molecule has 110 valence electrons. The van der Waals surface area contributed by atoms with Gasteiger partial charge in [-0.25, -0.2) is 0 Å². The van der Waals surface area contributed by atoms with Crippen LogP contribution in [0.15, 0.2) is 24.3 Å². The van der Waals surface area contributed by atoms with Gasteiger partial charge >= 0.3 is 0 Å². The van der Waals surface area contributed by atoms with Crippen LogP contribution in [0.25, 0.3) is 0 Å². The molecule has 0 aliphatic heterocycles. The maximum atomic E-state index is 12.0. The molecule has 0 fully saturated rings. The minimum Gasteiger partial charge on any atom is -0.493 e. The average molecular weight is 279 g/mol. The number of nitrogens with two attached hydrogens (primary N) is 2. The average Bonchev–Trinajstić information content (AvgIpc) is 2.35. The number of hydrogen-bond acceptors (Lipinski definition) is 4. The van der Waals surface area contributed by atoms with Gasteiger partial charge < -0.3 is 21.1 Å². The third-order valence-corrected chi connectivity index (χ3v) is 2.71. The molecule has 0 aliphatic rings. The van der Waals surface area contributed by atoms with Gasteiger partial charge in [-0.15, -0.1) is 0 Å². The number of primary amides is 1. The van der Waals surface area contributed by atoms with Crippen LogP contribution in [-0.4, -0.2) is 35.9 Å². The summed E-state index contributed by atoms with van der Waals surface area (Å²) in [6.07, 6.45) is 0.181. The molecular weight excluding hydrogens is 258 g/mol. The molecule has 6 heteroatoms. The van der Waals surface area contributed by atoms with E-state index in [2.05, 4.69) is 0 Å². The molecule has 20 heavy (non-hydrogen) atoms. The summed E-state index contributed by atoms with van der Waals surface area (Å²) in [7, 11) is 0. The van der Waals surface area contributed by atoms with E-state index >= 15 is 0 Å². The van der Waals surface area contributed by atoms with Crippen molar-refractivity contribution in [2.45, 2.75) is 26.3 Å². The zero-order valence-corrected chi connectivity index (χ0v) is 11.8. The molecule has 1 rings (SSSR count). The second-order valence-electron chi connectivity index (χ2n) is 4.75. The fraction of sp³-hybridized carbons (Fsp3) is 0.429. The van der Waals surface area contributed by atoms with Crippen molar-refractivity contribution in [3.8, 4) is 5.75 Å². The van der Waals surface area contributed by atoms with Gasteiger partial charge in [0.05, 0.1) is 19.6 Å². The lowest BCUT2D eigenvalue weighted by atomic mass is 10.2. The molecule has 0 aliphatic carbocycles. The molecule has 6 nitrogen and oxygen atoms in total. The number of anilines is 1. The predicted molar refractivity (Wildman–Crippen MR) is 77.0 cm³/mol. The fourth-order valence-corrected chi connectivity index (χ4v) is 1.73. The maximum absolute atomic E-state index is 12.0. The van der Waals surface area contributed by atoms with Gasteiger partial charge in [-0.3, -0.25) is 9.59 Å². The Labute approximate surface area is 118 Å². The molecule has 0 aromatic heterocycles. The van der Waals surface area contributed by atoms with Gasteiger partial charge in [0.2, 0.25) is 11.8 Å². The van der Waals surface area contributed by atoms with Crippen molar-refractivity contribution in [1.29, 1.82) is 0 Å². The Bertz CT molecular complexity index is 474. The molecular formula is C14H21N3O3. The van der Waals surface area contributed by atoms with Crippen molar-refractivity contribution < 1.29 is 14.3 Å². The Morgan fingerprint density at radius 2 is 2.05 bits per heavy atom. The van der Waals surface area contributed by atoms with E-state index in [-0.39, 0.29) is 31.5 Å². The smallest absolute Gasteiger partial charge is 0.237 e. The number of amides is 2. The zero-order valence-electron chi connectivity index (χ0n) is 11.8. The zero-order chi connectivity index (χ0) is 15.1. The van der Waals surface area contributed by atoms with Crippen LogP contribution in [0.3, 0.4) is 0 Å². The molecule has 0 unspecified atom stereocenters. The quantitative estimate of drug-likeness (QED) is 0.720. The lowest BCUT2D eigenvalue weighted by Gasteiger charge is -2.25. The minimum atomic E-state index is -0.524. The lowest BCUT2D eigenvalue weighted by Crippen LogP contribution is -2.43. The summed E-state index contributed by atoms with van der Waals surface area (Å²) in [5.41, 5.74) is 11.4. The van der Waals surface area contributed by atoms with Crippen molar-refractivity contribution in [3.05, 3.63) is 24.3 Å². The van der Waals surface area contributed by atoms with E-state index in [0.29, 0.717) is 11.4 Å². The SMILES string of the molecule is CC(C)N(CC(N)=O)C(=O)CCOc1cccc(N)c1. The predicted octanol–water partition coefficient (Wildman–Crippen LogP) is 0.760. The fourth-order valence-electron chi connectivity index (χ4n) is 1.73. The van der Waals surface area contributed by atoms with Gasteiger partial charge in [-0.1, -0.05) is 6.07 Å². The monoisotopic (exact) mass is 279 g/mol. The van der Waals surface area contributed by atoms with Gasteiger partial charge in [0.15, 0.2) is 0 Å². The van der Waals surface area contributed by atoms with E-state index in [0.717, 1.165) is 0 Å². The van der Waals surface area contributed by atoms with E-state index in [1.54, 1.807) is 24.3 Å². The van der Waals surface area contributed by atoms with E-state index in [1.807, 2.05) is 13.8 Å². The third kappa shape index (κ3) is 5.17. The van der Waals surface area contributed by atoms with E-state index in [4.69, 9.17) is 16.2 Å². The van der Waals surface area contributed by atoms with Gasteiger partial charge in [0.1, 0.15) is 5.75 Å². The Morgan fingerprint density at radius 1 is 1.35 bits per heavy atom. The maximum Gasteiger partial charge on any atom is 0.237 e. The number of rotatable bonds is 7. The number of nitrogen functional groups attached to an aromatic ring is 1. The van der Waals surface area contributed by atoms with Crippen LogP contribution in [0.4, 0.5) is 5.69 Å². The summed E-state index contributed by atoms with van der Waals surface area (Å²) in [6.45, 7) is 3.82. The molecule has 1 aromatic rings. The normalized spacial score (nSPS) is 10.3. The number of nitrogens with zero attached hydrogens (tertiary/aromatic N) is 1.